The van der Waals surface area contributed by atoms with Gasteiger partial charge < -0.3 is 5.73 Å². The zero-order chi connectivity index (χ0) is 26.2. The van der Waals surface area contributed by atoms with Crippen molar-refractivity contribution in [2.24, 2.45) is 10.7 Å². The van der Waals surface area contributed by atoms with Gasteiger partial charge in [0.2, 0.25) is 0 Å². The van der Waals surface area contributed by atoms with Crippen molar-refractivity contribution in [1.29, 1.82) is 5.41 Å². The van der Waals surface area contributed by atoms with Crippen LogP contribution in [0.1, 0.15) is 27.8 Å². The summed E-state index contributed by atoms with van der Waals surface area (Å²) in [5, 5.41) is 8.73. The standard InChI is InChI=1S/C35H29N3/c36-34(29-13-6-2-7-14-29)32-18-10-17-31(25-32)33(38-35(37)30-15-8-3-9-16-30)24-21-26-19-22-28(23-20-26)27-11-4-1-5-12-27/h1-20,22-25,36H,21H2,(H2,37,38)/b33-24-,36-34?. The molecule has 5 aromatic carbocycles. The summed E-state index contributed by atoms with van der Waals surface area (Å²) in [5.41, 5.74) is 14.8. The fraction of sp³-hybridized carbons (Fsp3) is 0.0286. The van der Waals surface area contributed by atoms with Crippen molar-refractivity contribution in [3.63, 3.8) is 0 Å². The molecule has 0 saturated carbocycles. The van der Waals surface area contributed by atoms with Gasteiger partial charge in [0.05, 0.1) is 11.4 Å². The number of aliphatic imine (C=N–C) groups is 1. The molecule has 0 spiro atoms. The molecule has 0 bridgehead atoms. The lowest BCUT2D eigenvalue weighted by molar-refractivity contribution is 1.26. The van der Waals surface area contributed by atoms with Crippen LogP contribution in [0.2, 0.25) is 0 Å². The van der Waals surface area contributed by atoms with Gasteiger partial charge in [-0.25, -0.2) is 4.99 Å². The normalized spacial score (nSPS) is 11.8. The smallest absolute Gasteiger partial charge is 0.131 e. The maximum Gasteiger partial charge on any atom is 0.131 e. The van der Waals surface area contributed by atoms with E-state index in [1.54, 1.807) is 0 Å². The molecule has 0 radical (unpaired) electrons. The first-order chi connectivity index (χ1) is 18.7. The van der Waals surface area contributed by atoms with Crippen LogP contribution in [0.5, 0.6) is 0 Å². The molecular formula is C35H29N3. The predicted octanol–water partition coefficient (Wildman–Crippen LogP) is 7.76. The minimum absolute atomic E-state index is 0.458. The van der Waals surface area contributed by atoms with E-state index in [1.807, 2.05) is 91.0 Å². The lowest BCUT2D eigenvalue weighted by Gasteiger charge is -2.10. The summed E-state index contributed by atoms with van der Waals surface area (Å²) in [6.45, 7) is 0. The summed E-state index contributed by atoms with van der Waals surface area (Å²) in [5.74, 6) is 0.458. The van der Waals surface area contributed by atoms with E-state index in [4.69, 9.17) is 16.1 Å². The van der Waals surface area contributed by atoms with E-state index in [0.717, 1.165) is 28.0 Å². The summed E-state index contributed by atoms with van der Waals surface area (Å²) in [6, 6.07) is 46.5. The average Bonchev–Trinajstić information content (AvgIpc) is 3.00. The van der Waals surface area contributed by atoms with Crippen molar-refractivity contribution in [2.45, 2.75) is 6.42 Å². The van der Waals surface area contributed by atoms with Crippen LogP contribution < -0.4 is 5.73 Å². The summed E-state index contributed by atoms with van der Waals surface area (Å²) >= 11 is 0. The van der Waals surface area contributed by atoms with Gasteiger partial charge in [0.1, 0.15) is 5.84 Å². The highest BCUT2D eigenvalue weighted by molar-refractivity contribution is 6.11. The van der Waals surface area contributed by atoms with Crippen LogP contribution in [0.4, 0.5) is 0 Å². The van der Waals surface area contributed by atoms with Crippen LogP contribution in [-0.4, -0.2) is 11.5 Å². The Morgan fingerprint density at radius 3 is 1.76 bits per heavy atom. The van der Waals surface area contributed by atoms with Gasteiger partial charge in [-0.2, -0.15) is 0 Å². The van der Waals surface area contributed by atoms with E-state index in [2.05, 4.69) is 54.6 Å². The molecule has 0 fully saturated rings. The number of hydrogen-bond donors (Lipinski definition) is 2. The number of rotatable bonds is 8. The van der Waals surface area contributed by atoms with Gasteiger partial charge in [0.25, 0.3) is 0 Å². The minimum atomic E-state index is 0.458. The van der Waals surface area contributed by atoms with Crippen molar-refractivity contribution in [3.8, 4) is 11.1 Å². The lowest BCUT2D eigenvalue weighted by atomic mass is 9.98. The number of nitrogens with zero attached hydrogens (tertiary/aromatic N) is 1. The second-order valence-electron chi connectivity index (χ2n) is 9.04. The molecule has 0 heterocycles. The highest BCUT2D eigenvalue weighted by Crippen LogP contribution is 2.23. The van der Waals surface area contributed by atoms with Crippen molar-refractivity contribution in [2.75, 3.05) is 0 Å². The first kappa shape index (κ1) is 24.7. The van der Waals surface area contributed by atoms with Gasteiger partial charge in [-0.05, 0) is 34.7 Å². The minimum Gasteiger partial charge on any atom is -0.383 e. The van der Waals surface area contributed by atoms with Gasteiger partial charge in [-0.15, -0.1) is 0 Å². The Morgan fingerprint density at radius 1 is 0.579 bits per heavy atom. The zero-order valence-electron chi connectivity index (χ0n) is 21.1. The van der Waals surface area contributed by atoms with Crippen molar-refractivity contribution >= 4 is 17.2 Å². The number of nitrogens with one attached hydrogen (secondary N) is 1. The highest BCUT2D eigenvalue weighted by Gasteiger charge is 2.09. The largest absolute Gasteiger partial charge is 0.383 e. The van der Waals surface area contributed by atoms with E-state index < -0.39 is 0 Å². The molecule has 0 aliphatic carbocycles. The zero-order valence-corrected chi connectivity index (χ0v) is 21.1. The Hall–Kier alpha value is -5.02. The van der Waals surface area contributed by atoms with Crippen LogP contribution in [0.15, 0.2) is 151 Å². The van der Waals surface area contributed by atoms with E-state index in [9.17, 15) is 0 Å². The first-order valence-electron chi connectivity index (χ1n) is 12.7. The Kier molecular flexibility index (Phi) is 7.67. The summed E-state index contributed by atoms with van der Waals surface area (Å²) in [7, 11) is 0. The number of benzene rings is 5. The Balaban J connectivity index is 1.47. The van der Waals surface area contributed by atoms with E-state index in [1.165, 1.54) is 16.7 Å². The van der Waals surface area contributed by atoms with Crippen LogP contribution in [0, 0.1) is 5.41 Å². The van der Waals surface area contributed by atoms with Gasteiger partial charge in [-0.3, -0.25) is 5.41 Å². The fourth-order valence-corrected chi connectivity index (χ4v) is 4.32. The Morgan fingerprint density at radius 2 is 1.11 bits per heavy atom. The second-order valence-corrected chi connectivity index (χ2v) is 9.04. The van der Waals surface area contributed by atoms with Crippen molar-refractivity contribution in [1.82, 2.24) is 0 Å². The van der Waals surface area contributed by atoms with Crippen LogP contribution in [-0.2, 0) is 6.42 Å². The molecule has 0 unspecified atom stereocenters. The SMILES string of the molecule is N=C(c1ccccc1)c1cccc(/C(=C/Cc2ccc(-c3ccccc3)cc2)N=C(N)c2ccccc2)c1. The van der Waals surface area contributed by atoms with Gasteiger partial charge >= 0.3 is 0 Å². The van der Waals surface area contributed by atoms with Crippen LogP contribution in [0.3, 0.4) is 0 Å². The lowest BCUT2D eigenvalue weighted by Crippen LogP contribution is -2.13. The number of amidine groups is 1. The van der Waals surface area contributed by atoms with Crippen molar-refractivity contribution in [3.05, 3.63) is 173 Å². The van der Waals surface area contributed by atoms with Gasteiger partial charge in [-0.1, -0.05) is 140 Å². The molecule has 3 heteroatoms. The van der Waals surface area contributed by atoms with Crippen LogP contribution >= 0.6 is 0 Å². The Bertz CT molecular complexity index is 1570. The molecule has 0 aromatic heterocycles. The van der Waals surface area contributed by atoms with Crippen molar-refractivity contribution < 1.29 is 0 Å². The second kappa shape index (κ2) is 11.8. The predicted molar refractivity (Wildman–Crippen MR) is 160 cm³/mol. The highest BCUT2D eigenvalue weighted by atomic mass is 14.9. The molecule has 184 valence electrons. The molecule has 0 atom stereocenters. The molecular weight excluding hydrogens is 462 g/mol. The summed E-state index contributed by atoms with van der Waals surface area (Å²) < 4.78 is 0. The molecule has 3 N–H and O–H groups in total. The van der Waals surface area contributed by atoms with Gasteiger partial charge in [0.15, 0.2) is 0 Å². The van der Waals surface area contributed by atoms with E-state index in [-0.39, 0.29) is 0 Å². The third-order valence-corrected chi connectivity index (χ3v) is 6.41. The van der Waals surface area contributed by atoms with Crippen LogP contribution in [0.25, 0.3) is 16.8 Å². The third kappa shape index (κ3) is 6.03. The molecule has 0 amide bonds. The monoisotopic (exact) mass is 491 g/mol. The van der Waals surface area contributed by atoms with E-state index >= 15 is 0 Å². The maximum atomic E-state index is 8.73. The Labute approximate surface area is 224 Å². The fourth-order valence-electron chi connectivity index (χ4n) is 4.32. The molecule has 5 aromatic rings. The number of hydrogen-bond acceptors (Lipinski definition) is 2. The quantitative estimate of drug-likeness (QED) is 0.169. The van der Waals surface area contributed by atoms with Gasteiger partial charge in [0, 0.05) is 16.7 Å². The van der Waals surface area contributed by atoms with E-state index in [0.29, 0.717) is 18.0 Å². The summed E-state index contributed by atoms with van der Waals surface area (Å²) in [6.07, 6.45) is 2.81. The molecule has 3 nitrogen and oxygen atoms in total. The molecule has 0 aliphatic rings. The molecule has 5 rings (SSSR count). The number of allylic oxidation sites excluding steroid dienone is 1. The number of nitrogens with two attached hydrogens (primary N) is 1. The maximum absolute atomic E-state index is 8.73. The third-order valence-electron chi connectivity index (χ3n) is 6.41. The molecule has 38 heavy (non-hydrogen) atoms. The molecule has 0 aliphatic heterocycles. The average molecular weight is 492 g/mol. The summed E-state index contributed by atoms with van der Waals surface area (Å²) in [4.78, 5) is 4.86. The topological polar surface area (TPSA) is 62.2 Å². The first-order valence-corrected chi connectivity index (χ1v) is 12.7. The molecule has 0 saturated heterocycles.